The lowest BCUT2D eigenvalue weighted by Gasteiger charge is -2.19. The number of ether oxygens (including phenoxy) is 2. The Labute approximate surface area is 164 Å². The molecule has 0 saturated heterocycles. The third-order valence-corrected chi connectivity index (χ3v) is 4.75. The number of carbonyl (C=O) groups excluding carboxylic acids is 1. The Morgan fingerprint density at radius 1 is 0.893 bits per heavy atom. The first kappa shape index (κ1) is 18.2. The Bertz CT molecular complexity index is 1020. The summed E-state index contributed by atoms with van der Waals surface area (Å²) in [6.07, 6.45) is 1.43. The summed E-state index contributed by atoms with van der Waals surface area (Å²) < 4.78 is 11.1. The van der Waals surface area contributed by atoms with Crippen LogP contribution < -0.4 is 9.47 Å². The van der Waals surface area contributed by atoms with Gasteiger partial charge in [0.25, 0.3) is 0 Å². The van der Waals surface area contributed by atoms with Crippen molar-refractivity contribution >= 4 is 5.78 Å². The number of benzene rings is 2. The van der Waals surface area contributed by atoms with Gasteiger partial charge >= 0.3 is 0 Å². The van der Waals surface area contributed by atoms with Crippen molar-refractivity contribution in [2.24, 2.45) is 0 Å². The van der Waals surface area contributed by atoms with E-state index in [2.05, 4.69) is 42.9 Å². The summed E-state index contributed by atoms with van der Waals surface area (Å²) in [6, 6.07) is 15.2. The van der Waals surface area contributed by atoms with E-state index in [1.54, 1.807) is 24.3 Å². The number of aromatic nitrogens is 2. The second-order valence-electron chi connectivity index (χ2n) is 7.80. The number of hydrogen-bond donors (Lipinski definition) is 0. The van der Waals surface area contributed by atoms with Gasteiger partial charge in [-0.1, -0.05) is 45.0 Å². The zero-order valence-corrected chi connectivity index (χ0v) is 16.2. The van der Waals surface area contributed by atoms with Crippen molar-refractivity contribution in [1.29, 1.82) is 0 Å². The molecule has 0 bridgehead atoms. The second-order valence-corrected chi connectivity index (χ2v) is 7.80. The number of hydrogen-bond acceptors (Lipinski definition) is 5. The molecule has 2 heterocycles. The Morgan fingerprint density at radius 2 is 1.61 bits per heavy atom. The fourth-order valence-corrected chi connectivity index (χ4v) is 3.11. The lowest BCUT2D eigenvalue weighted by Crippen LogP contribution is -2.16. The highest BCUT2D eigenvalue weighted by Gasteiger charge is 2.18. The van der Waals surface area contributed by atoms with Crippen molar-refractivity contribution < 1.29 is 14.3 Å². The molecule has 0 unspecified atom stereocenters. The maximum absolute atomic E-state index is 12.9. The molecule has 0 spiro atoms. The van der Waals surface area contributed by atoms with Crippen molar-refractivity contribution in [3.63, 3.8) is 0 Å². The van der Waals surface area contributed by atoms with Crippen molar-refractivity contribution in [1.82, 2.24) is 9.97 Å². The molecule has 1 aromatic heterocycles. The van der Waals surface area contributed by atoms with Crippen LogP contribution in [0, 0.1) is 0 Å². The minimum atomic E-state index is -0.174. The van der Waals surface area contributed by atoms with E-state index in [9.17, 15) is 4.79 Å². The summed E-state index contributed by atoms with van der Waals surface area (Å²) in [5, 5.41) is 0. The lowest BCUT2D eigenvalue weighted by atomic mass is 9.86. The third kappa shape index (κ3) is 3.60. The standard InChI is InChI=1S/C23H22N2O3/c1-23(2,3)17-7-4-15(5-8-17)18-13-19(25-14-24-18)22(26)16-6-9-20-21(12-16)28-11-10-27-20/h4-9,12-14H,10-11H2,1-3H3. The van der Waals surface area contributed by atoms with Crippen LogP contribution in [0.4, 0.5) is 0 Å². The zero-order valence-electron chi connectivity index (χ0n) is 16.2. The van der Waals surface area contributed by atoms with Crippen LogP contribution in [0.2, 0.25) is 0 Å². The van der Waals surface area contributed by atoms with Crippen LogP contribution in [-0.2, 0) is 5.41 Å². The molecule has 0 amide bonds. The SMILES string of the molecule is CC(C)(C)c1ccc(-c2cc(C(=O)c3ccc4c(c3)OCCO4)ncn2)cc1. The van der Waals surface area contributed by atoms with Crippen molar-refractivity contribution in [2.45, 2.75) is 26.2 Å². The van der Waals surface area contributed by atoms with E-state index in [0.29, 0.717) is 36.0 Å². The minimum Gasteiger partial charge on any atom is -0.486 e. The predicted molar refractivity (Wildman–Crippen MR) is 107 cm³/mol. The maximum Gasteiger partial charge on any atom is 0.211 e. The van der Waals surface area contributed by atoms with Gasteiger partial charge in [-0.3, -0.25) is 4.79 Å². The van der Waals surface area contributed by atoms with Gasteiger partial charge in [-0.15, -0.1) is 0 Å². The first-order valence-corrected chi connectivity index (χ1v) is 9.29. The summed E-state index contributed by atoms with van der Waals surface area (Å²) in [7, 11) is 0. The van der Waals surface area contributed by atoms with Crippen LogP contribution in [0.15, 0.2) is 54.9 Å². The van der Waals surface area contributed by atoms with E-state index >= 15 is 0 Å². The van der Waals surface area contributed by atoms with Crippen LogP contribution in [0.3, 0.4) is 0 Å². The first-order valence-electron chi connectivity index (χ1n) is 9.29. The molecule has 28 heavy (non-hydrogen) atoms. The van der Waals surface area contributed by atoms with E-state index in [0.717, 1.165) is 11.3 Å². The highest BCUT2D eigenvalue weighted by atomic mass is 16.6. The number of rotatable bonds is 3. The summed E-state index contributed by atoms with van der Waals surface area (Å²) in [4.78, 5) is 21.4. The van der Waals surface area contributed by atoms with E-state index < -0.39 is 0 Å². The molecule has 2 aromatic carbocycles. The lowest BCUT2D eigenvalue weighted by molar-refractivity contribution is 0.103. The molecule has 0 radical (unpaired) electrons. The Kier molecular flexibility index (Phi) is 4.59. The molecule has 1 aliphatic heterocycles. The van der Waals surface area contributed by atoms with Gasteiger partial charge in [0.2, 0.25) is 5.78 Å². The molecule has 1 aliphatic rings. The number of ketones is 1. The van der Waals surface area contributed by atoms with Gasteiger partial charge in [0.05, 0.1) is 5.69 Å². The van der Waals surface area contributed by atoms with Gasteiger partial charge in [-0.2, -0.15) is 0 Å². The van der Waals surface area contributed by atoms with Gasteiger partial charge in [-0.25, -0.2) is 9.97 Å². The average molecular weight is 374 g/mol. The molecule has 0 N–H and O–H groups in total. The first-order chi connectivity index (χ1) is 13.4. The maximum atomic E-state index is 12.9. The van der Waals surface area contributed by atoms with Gasteiger partial charge in [0, 0.05) is 11.1 Å². The van der Waals surface area contributed by atoms with Crippen molar-refractivity contribution in [3.8, 4) is 22.8 Å². The Hall–Kier alpha value is -3.21. The molecule has 0 aliphatic carbocycles. The van der Waals surface area contributed by atoms with E-state index in [4.69, 9.17) is 9.47 Å². The van der Waals surface area contributed by atoms with E-state index in [-0.39, 0.29) is 11.2 Å². The molecule has 142 valence electrons. The van der Waals surface area contributed by atoms with Crippen LogP contribution >= 0.6 is 0 Å². The van der Waals surface area contributed by atoms with Crippen molar-refractivity contribution in [3.05, 3.63) is 71.7 Å². The number of fused-ring (bicyclic) bond motifs is 1. The smallest absolute Gasteiger partial charge is 0.211 e. The van der Waals surface area contributed by atoms with E-state index in [1.807, 2.05) is 12.1 Å². The quantitative estimate of drug-likeness (QED) is 0.634. The van der Waals surface area contributed by atoms with Gasteiger partial charge in [0.15, 0.2) is 11.5 Å². The summed E-state index contributed by atoms with van der Waals surface area (Å²) in [5.41, 5.74) is 3.86. The Morgan fingerprint density at radius 3 is 2.32 bits per heavy atom. The second kappa shape index (κ2) is 7.08. The van der Waals surface area contributed by atoms with Gasteiger partial charge < -0.3 is 9.47 Å². The molecule has 5 nitrogen and oxygen atoms in total. The number of nitrogens with zero attached hydrogens (tertiary/aromatic N) is 2. The minimum absolute atomic E-state index is 0.0869. The van der Waals surface area contributed by atoms with Crippen molar-refractivity contribution in [2.75, 3.05) is 13.2 Å². The highest BCUT2D eigenvalue weighted by molar-refractivity contribution is 6.08. The van der Waals surface area contributed by atoms with Gasteiger partial charge in [0.1, 0.15) is 25.2 Å². The fourth-order valence-electron chi connectivity index (χ4n) is 3.11. The monoisotopic (exact) mass is 374 g/mol. The van der Waals surface area contributed by atoms with E-state index in [1.165, 1.54) is 11.9 Å². The third-order valence-electron chi connectivity index (χ3n) is 4.75. The molecule has 0 saturated carbocycles. The molecular weight excluding hydrogens is 352 g/mol. The Balaban J connectivity index is 1.62. The summed E-state index contributed by atoms with van der Waals surface area (Å²) in [6.45, 7) is 7.53. The normalized spacial score (nSPS) is 13.2. The predicted octanol–water partition coefficient (Wildman–Crippen LogP) is 4.44. The van der Waals surface area contributed by atoms with Crippen LogP contribution in [0.1, 0.15) is 42.4 Å². The average Bonchev–Trinajstić information content (AvgIpc) is 2.72. The molecular formula is C23H22N2O3. The molecule has 4 rings (SSSR count). The largest absolute Gasteiger partial charge is 0.486 e. The highest BCUT2D eigenvalue weighted by Crippen LogP contribution is 2.31. The molecule has 0 atom stereocenters. The fraction of sp³-hybridized carbons (Fsp3) is 0.261. The molecule has 0 fully saturated rings. The zero-order chi connectivity index (χ0) is 19.7. The molecule has 5 heteroatoms. The topological polar surface area (TPSA) is 61.3 Å². The summed E-state index contributed by atoms with van der Waals surface area (Å²) >= 11 is 0. The van der Waals surface area contributed by atoms with Gasteiger partial charge in [-0.05, 0) is 35.2 Å². The van der Waals surface area contributed by atoms with Crippen LogP contribution in [0.25, 0.3) is 11.3 Å². The molecule has 3 aromatic rings. The van der Waals surface area contributed by atoms with Crippen LogP contribution in [-0.4, -0.2) is 29.0 Å². The summed E-state index contributed by atoms with van der Waals surface area (Å²) in [5.74, 6) is 1.07. The number of carbonyl (C=O) groups is 1. The van der Waals surface area contributed by atoms with Crippen LogP contribution in [0.5, 0.6) is 11.5 Å².